The van der Waals surface area contributed by atoms with Crippen LogP contribution in [-0.2, 0) is 4.74 Å². The zero-order valence-corrected chi connectivity index (χ0v) is 17.5. The highest BCUT2D eigenvalue weighted by molar-refractivity contribution is 9.10. The van der Waals surface area contributed by atoms with Crippen LogP contribution in [-0.4, -0.2) is 18.8 Å². The molecule has 1 aromatic heterocycles. The van der Waals surface area contributed by atoms with Gasteiger partial charge in [-0.2, -0.15) is 0 Å². The fourth-order valence-electron chi connectivity index (χ4n) is 3.28. The fraction of sp³-hybridized carbons (Fsp3) is 0.304. The highest BCUT2D eigenvalue weighted by Gasteiger charge is 2.39. The first-order valence-corrected chi connectivity index (χ1v) is 10.2. The molecule has 0 N–H and O–H groups in total. The number of furan rings is 1. The summed E-state index contributed by atoms with van der Waals surface area (Å²) in [6.07, 6.45) is 0.224. The van der Waals surface area contributed by atoms with E-state index in [1.807, 2.05) is 60.7 Å². The van der Waals surface area contributed by atoms with Crippen LogP contribution < -0.4 is 9.47 Å². The standard InChI is InChI=1S/C23H23BrO4/c1-15-3-7-17(8-4-15)25-14-22-21(26-18-9-5-16(2)6-10-18)13-20(27-22)19-11-12-23(24)28-19/h3-12,20-22H,13-14H2,1-2H3/t20-,21+,22-/m1/s1. The average Bonchev–Trinajstić information content (AvgIpc) is 3.29. The minimum atomic E-state index is -0.198. The topological polar surface area (TPSA) is 40.8 Å². The molecule has 0 aliphatic carbocycles. The summed E-state index contributed by atoms with van der Waals surface area (Å²) >= 11 is 3.36. The van der Waals surface area contributed by atoms with Gasteiger partial charge in [0.2, 0.25) is 0 Å². The van der Waals surface area contributed by atoms with Crippen molar-refractivity contribution in [3.8, 4) is 11.5 Å². The number of hydrogen-bond acceptors (Lipinski definition) is 4. The van der Waals surface area contributed by atoms with Gasteiger partial charge in [0.1, 0.15) is 42.2 Å². The van der Waals surface area contributed by atoms with E-state index in [4.69, 9.17) is 18.6 Å². The van der Waals surface area contributed by atoms with Crippen molar-refractivity contribution in [3.05, 3.63) is 82.2 Å². The van der Waals surface area contributed by atoms with E-state index >= 15 is 0 Å². The zero-order valence-electron chi connectivity index (χ0n) is 15.9. The molecular formula is C23H23BrO4. The second-order valence-corrected chi connectivity index (χ2v) is 7.92. The zero-order chi connectivity index (χ0) is 19.5. The van der Waals surface area contributed by atoms with Gasteiger partial charge in [0.25, 0.3) is 0 Å². The molecule has 0 radical (unpaired) electrons. The van der Waals surface area contributed by atoms with Gasteiger partial charge in [-0.15, -0.1) is 0 Å². The fourth-order valence-corrected chi connectivity index (χ4v) is 3.60. The molecule has 0 saturated carbocycles. The summed E-state index contributed by atoms with van der Waals surface area (Å²) in [7, 11) is 0. The Morgan fingerprint density at radius 2 is 1.54 bits per heavy atom. The Hall–Kier alpha value is -2.24. The van der Waals surface area contributed by atoms with E-state index in [0.717, 1.165) is 17.3 Å². The van der Waals surface area contributed by atoms with E-state index in [1.54, 1.807) is 0 Å². The van der Waals surface area contributed by atoms with Crippen LogP contribution >= 0.6 is 15.9 Å². The molecule has 5 heteroatoms. The molecule has 0 bridgehead atoms. The molecule has 1 aliphatic heterocycles. The van der Waals surface area contributed by atoms with Crippen LogP contribution in [0.3, 0.4) is 0 Å². The summed E-state index contributed by atoms with van der Waals surface area (Å²) in [5.41, 5.74) is 2.40. The van der Waals surface area contributed by atoms with Crippen LogP contribution in [0.1, 0.15) is 29.4 Å². The Balaban J connectivity index is 1.47. The Labute approximate surface area is 173 Å². The molecule has 1 aliphatic rings. The van der Waals surface area contributed by atoms with Crippen molar-refractivity contribution in [2.24, 2.45) is 0 Å². The van der Waals surface area contributed by atoms with E-state index in [0.29, 0.717) is 17.7 Å². The molecule has 2 aromatic carbocycles. The SMILES string of the molecule is Cc1ccc(OC[C@H]2O[C@@H](c3ccc(Br)o3)C[C@@H]2Oc2ccc(C)cc2)cc1. The monoisotopic (exact) mass is 442 g/mol. The lowest BCUT2D eigenvalue weighted by Gasteiger charge is -2.20. The summed E-state index contributed by atoms with van der Waals surface area (Å²) in [4.78, 5) is 0. The molecular weight excluding hydrogens is 420 g/mol. The molecule has 4 rings (SSSR count). The second-order valence-electron chi connectivity index (χ2n) is 7.13. The lowest BCUT2D eigenvalue weighted by Crippen LogP contribution is -2.32. The third kappa shape index (κ3) is 4.59. The van der Waals surface area contributed by atoms with Gasteiger partial charge in [0, 0.05) is 6.42 Å². The van der Waals surface area contributed by atoms with Crippen LogP contribution in [0.5, 0.6) is 11.5 Å². The van der Waals surface area contributed by atoms with Gasteiger partial charge >= 0.3 is 0 Å². The molecule has 1 saturated heterocycles. The summed E-state index contributed by atoms with van der Waals surface area (Å²) < 4.78 is 24.9. The van der Waals surface area contributed by atoms with Crippen molar-refractivity contribution in [1.29, 1.82) is 0 Å². The van der Waals surface area contributed by atoms with Gasteiger partial charge in [-0.25, -0.2) is 0 Å². The van der Waals surface area contributed by atoms with Gasteiger partial charge in [-0.05, 0) is 66.2 Å². The van der Waals surface area contributed by atoms with E-state index in [2.05, 4.69) is 29.8 Å². The lowest BCUT2D eigenvalue weighted by atomic mass is 10.1. The lowest BCUT2D eigenvalue weighted by molar-refractivity contribution is -0.0169. The number of halogens is 1. The predicted octanol–water partition coefficient (Wildman–Crippen LogP) is 6.02. The number of hydrogen-bond donors (Lipinski definition) is 0. The van der Waals surface area contributed by atoms with Gasteiger partial charge < -0.3 is 18.6 Å². The van der Waals surface area contributed by atoms with Crippen LogP contribution in [0.15, 0.2) is 69.8 Å². The molecule has 3 atom stereocenters. The van der Waals surface area contributed by atoms with Crippen molar-refractivity contribution in [2.75, 3.05) is 6.61 Å². The summed E-state index contributed by atoms with van der Waals surface area (Å²) in [6.45, 7) is 4.53. The van der Waals surface area contributed by atoms with Crippen LogP contribution in [0.25, 0.3) is 0 Å². The maximum absolute atomic E-state index is 6.25. The van der Waals surface area contributed by atoms with Gasteiger partial charge in [-0.3, -0.25) is 0 Å². The van der Waals surface area contributed by atoms with Crippen LogP contribution in [0, 0.1) is 13.8 Å². The Morgan fingerprint density at radius 3 is 2.14 bits per heavy atom. The summed E-state index contributed by atoms with van der Waals surface area (Å²) in [6, 6.07) is 19.9. The molecule has 3 aromatic rings. The highest BCUT2D eigenvalue weighted by atomic mass is 79.9. The van der Waals surface area contributed by atoms with Crippen molar-refractivity contribution in [3.63, 3.8) is 0 Å². The highest BCUT2D eigenvalue weighted by Crippen LogP contribution is 2.37. The first-order chi connectivity index (χ1) is 13.6. The van der Waals surface area contributed by atoms with E-state index < -0.39 is 0 Å². The molecule has 28 heavy (non-hydrogen) atoms. The third-order valence-electron chi connectivity index (χ3n) is 4.86. The van der Waals surface area contributed by atoms with Crippen molar-refractivity contribution in [2.45, 2.75) is 38.6 Å². The number of aryl methyl sites for hydroxylation is 2. The second kappa shape index (κ2) is 8.41. The maximum Gasteiger partial charge on any atom is 0.169 e. The first-order valence-electron chi connectivity index (χ1n) is 9.40. The molecule has 0 unspecified atom stereocenters. The van der Waals surface area contributed by atoms with Crippen molar-refractivity contribution < 1.29 is 18.6 Å². The molecule has 0 spiro atoms. The predicted molar refractivity (Wildman–Crippen MR) is 111 cm³/mol. The number of benzene rings is 2. The van der Waals surface area contributed by atoms with Crippen molar-refractivity contribution >= 4 is 15.9 Å². The normalized spacial score (nSPS) is 21.6. The van der Waals surface area contributed by atoms with Crippen molar-refractivity contribution in [1.82, 2.24) is 0 Å². The maximum atomic E-state index is 6.25. The van der Waals surface area contributed by atoms with E-state index in [9.17, 15) is 0 Å². The van der Waals surface area contributed by atoms with Crippen LogP contribution in [0.2, 0.25) is 0 Å². The molecule has 2 heterocycles. The first kappa shape index (κ1) is 19.1. The molecule has 146 valence electrons. The number of ether oxygens (including phenoxy) is 3. The van der Waals surface area contributed by atoms with Gasteiger partial charge in [0.15, 0.2) is 4.67 Å². The third-order valence-corrected chi connectivity index (χ3v) is 5.28. The van der Waals surface area contributed by atoms with Gasteiger partial charge in [0.05, 0.1) is 0 Å². The van der Waals surface area contributed by atoms with E-state index in [-0.39, 0.29) is 18.3 Å². The molecule has 4 nitrogen and oxygen atoms in total. The van der Waals surface area contributed by atoms with Crippen LogP contribution in [0.4, 0.5) is 0 Å². The summed E-state index contributed by atoms with van der Waals surface area (Å²) in [5, 5.41) is 0. The average molecular weight is 443 g/mol. The Morgan fingerprint density at radius 1 is 0.893 bits per heavy atom. The molecule has 0 amide bonds. The summed E-state index contributed by atoms with van der Waals surface area (Å²) in [5.74, 6) is 2.45. The van der Waals surface area contributed by atoms with Gasteiger partial charge in [-0.1, -0.05) is 35.4 Å². The minimum Gasteiger partial charge on any atom is -0.491 e. The minimum absolute atomic E-state index is 0.123. The number of rotatable bonds is 6. The Kier molecular flexibility index (Phi) is 5.74. The quantitative estimate of drug-likeness (QED) is 0.468. The smallest absolute Gasteiger partial charge is 0.169 e. The van der Waals surface area contributed by atoms with E-state index in [1.165, 1.54) is 11.1 Å². The Bertz CT molecular complexity index is 901. The molecule has 1 fully saturated rings. The largest absolute Gasteiger partial charge is 0.491 e.